The molecule has 1 saturated heterocycles. The minimum Gasteiger partial charge on any atom is -0.379 e. The van der Waals surface area contributed by atoms with Crippen molar-refractivity contribution >= 4 is 41.5 Å². The lowest BCUT2D eigenvalue weighted by molar-refractivity contribution is 0.0377. The van der Waals surface area contributed by atoms with Crippen molar-refractivity contribution in [2.45, 2.75) is 19.8 Å². The number of aliphatic imine (C=N–C) groups is 1. The number of morpholine rings is 1. The van der Waals surface area contributed by atoms with E-state index in [2.05, 4.69) is 20.5 Å². The Morgan fingerprint density at radius 3 is 2.77 bits per heavy atom. The second-order valence-corrected chi connectivity index (χ2v) is 6.35. The molecule has 1 aromatic carbocycles. The van der Waals surface area contributed by atoms with E-state index in [9.17, 15) is 4.39 Å². The maximum absolute atomic E-state index is 13.8. The molecule has 8 heteroatoms. The number of halogens is 3. The summed E-state index contributed by atoms with van der Waals surface area (Å²) < 4.78 is 19.1. The van der Waals surface area contributed by atoms with Crippen molar-refractivity contribution in [3.05, 3.63) is 34.6 Å². The Morgan fingerprint density at radius 1 is 1.31 bits per heavy atom. The third kappa shape index (κ3) is 8.37. The standard InChI is InChI=1S/C18H28ClFN4O.HI/c1-2-21-18(22-8-4-10-24-11-13-25-14-12-24)23-9-7-15-16(19)5-3-6-17(15)20;/h3,5-6H,2,4,7-14H2,1H3,(H2,21,22,23);1H. The first kappa shape index (κ1) is 23.4. The van der Waals surface area contributed by atoms with Crippen LogP contribution < -0.4 is 10.6 Å². The molecule has 0 aromatic heterocycles. The number of hydrogen-bond acceptors (Lipinski definition) is 3. The molecule has 0 bridgehead atoms. The summed E-state index contributed by atoms with van der Waals surface area (Å²) >= 11 is 6.06. The zero-order valence-corrected chi connectivity index (χ0v) is 18.4. The number of nitrogens with zero attached hydrogens (tertiary/aromatic N) is 2. The fraction of sp³-hybridized carbons (Fsp3) is 0.611. The van der Waals surface area contributed by atoms with Gasteiger partial charge in [-0.3, -0.25) is 9.89 Å². The lowest BCUT2D eigenvalue weighted by atomic mass is 10.1. The Labute approximate surface area is 177 Å². The topological polar surface area (TPSA) is 48.9 Å². The van der Waals surface area contributed by atoms with E-state index in [1.54, 1.807) is 12.1 Å². The van der Waals surface area contributed by atoms with Gasteiger partial charge in [0, 0.05) is 49.9 Å². The van der Waals surface area contributed by atoms with Gasteiger partial charge in [0.2, 0.25) is 0 Å². The van der Waals surface area contributed by atoms with Gasteiger partial charge in [0.05, 0.1) is 13.2 Å². The first-order valence-corrected chi connectivity index (χ1v) is 9.33. The highest BCUT2D eigenvalue weighted by Gasteiger charge is 2.09. The van der Waals surface area contributed by atoms with E-state index >= 15 is 0 Å². The Hall–Kier alpha value is -0.640. The van der Waals surface area contributed by atoms with Gasteiger partial charge in [0.15, 0.2) is 5.96 Å². The molecule has 1 aromatic rings. The molecule has 2 N–H and O–H groups in total. The average molecular weight is 499 g/mol. The minimum absolute atomic E-state index is 0. The van der Waals surface area contributed by atoms with Crippen LogP contribution in [0.15, 0.2) is 23.2 Å². The lowest BCUT2D eigenvalue weighted by Crippen LogP contribution is -2.39. The molecule has 0 unspecified atom stereocenters. The van der Waals surface area contributed by atoms with Gasteiger partial charge in [-0.05, 0) is 31.9 Å². The predicted octanol–water partition coefficient (Wildman–Crippen LogP) is 2.92. The van der Waals surface area contributed by atoms with Crippen LogP contribution in [0, 0.1) is 5.82 Å². The quantitative estimate of drug-likeness (QED) is 0.250. The van der Waals surface area contributed by atoms with Crippen LogP contribution in [0.3, 0.4) is 0 Å². The summed E-state index contributed by atoms with van der Waals surface area (Å²) in [5, 5.41) is 6.92. The van der Waals surface area contributed by atoms with Crippen LogP contribution in [0.5, 0.6) is 0 Å². The molecule has 5 nitrogen and oxygen atoms in total. The summed E-state index contributed by atoms with van der Waals surface area (Å²) in [5.74, 6) is 0.499. The highest BCUT2D eigenvalue weighted by Crippen LogP contribution is 2.18. The largest absolute Gasteiger partial charge is 0.379 e. The van der Waals surface area contributed by atoms with Crippen LogP contribution in [-0.2, 0) is 11.2 Å². The summed E-state index contributed by atoms with van der Waals surface area (Å²) in [6.45, 7) is 8.85. The number of nitrogens with one attached hydrogen (secondary N) is 2. The molecule has 26 heavy (non-hydrogen) atoms. The lowest BCUT2D eigenvalue weighted by Gasteiger charge is -2.26. The van der Waals surface area contributed by atoms with Gasteiger partial charge < -0.3 is 15.4 Å². The Bertz CT molecular complexity index is 536. The Kier molecular flexibility index (Phi) is 12.2. The molecule has 1 fully saturated rings. The minimum atomic E-state index is -0.262. The average Bonchev–Trinajstić information content (AvgIpc) is 2.62. The van der Waals surface area contributed by atoms with Crippen LogP contribution in [-0.4, -0.2) is 63.3 Å². The summed E-state index contributed by atoms with van der Waals surface area (Å²) in [7, 11) is 0. The van der Waals surface area contributed by atoms with Crippen LogP contribution in [0.4, 0.5) is 4.39 Å². The van der Waals surface area contributed by atoms with E-state index in [1.807, 2.05) is 6.92 Å². The molecule has 0 atom stereocenters. The van der Waals surface area contributed by atoms with Crippen molar-refractivity contribution < 1.29 is 9.13 Å². The van der Waals surface area contributed by atoms with Gasteiger partial charge >= 0.3 is 0 Å². The van der Waals surface area contributed by atoms with Crippen molar-refractivity contribution in [1.82, 2.24) is 15.5 Å². The molecule has 0 saturated carbocycles. The van der Waals surface area contributed by atoms with Crippen molar-refractivity contribution in [3.8, 4) is 0 Å². The normalized spacial score (nSPS) is 15.4. The van der Waals surface area contributed by atoms with Gasteiger partial charge in [-0.1, -0.05) is 17.7 Å². The van der Waals surface area contributed by atoms with Gasteiger partial charge in [-0.2, -0.15) is 0 Å². The number of guanidine groups is 1. The molecular weight excluding hydrogens is 470 g/mol. The summed E-state index contributed by atoms with van der Waals surface area (Å²) in [4.78, 5) is 6.99. The van der Waals surface area contributed by atoms with E-state index < -0.39 is 0 Å². The van der Waals surface area contributed by atoms with Gasteiger partial charge in [-0.15, -0.1) is 24.0 Å². The fourth-order valence-corrected chi connectivity index (χ4v) is 2.99. The number of benzene rings is 1. The van der Waals surface area contributed by atoms with Gasteiger partial charge in [-0.25, -0.2) is 4.39 Å². The van der Waals surface area contributed by atoms with Crippen LogP contribution in [0.2, 0.25) is 5.02 Å². The van der Waals surface area contributed by atoms with Crippen molar-refractivity contribution in [1.29, 1.82) is 0 Å². The van der Waals surface area contributed by atoms with Crippen LogP contribution >= 0.6 is 35.6 Å². The highest BCUT2D eigenvalue weighted by molar-refractivity contribution is 14.0. The summed E-state index contributed by atoms with van der Waals surface area (Å²) in [6.07, 6.45) is 1.53. The maximum Gasteiger partial charge on any atom is 0.191 e. The van der Waals surface area contributed by atoms with Crippen molar-refractivity contribution in [3.63, 3.8) is 0 Å². The molecule has 1 heterocycles. The van der Waals surface area contributed by atoms with Crippen molar-refractivity contribution in [2.75, 3.05) is 52.5 Å². The maximum atomic E-state index is 13.8. The van der Waals surface area contributed by atoms with E-state index in [4.69, 9.17) is 16.3 Å². The first-order valence-electron chi connectivity index (χ1n) is 8.96. The molecular formula is C18H29ClFIN4O. The summed E-state index contributed by atoms with van der Waals surface area (Å²) in [6, 6.07) is 4.77. The monoisotopic (exact) mass is 498 g/mol. The molecule has 0 aliphatic carbocycles. The number of rotatable bonds is 8. The SMILES string of the molecule is CCNC(=NCCCN1CCOCC1)NCCc1c(F)cccc1Cl.I. The Balaban J connectivity index is 0.00000338. The van der Waals surface area contributed by atoms with Crippen molar-refractivity contribution in [2.24, 2.45) is 4.99 Å². The zero-order chi connectivity index (χ0) is 17.9. The number of hydrogen-bond donors (Lipinski definition) is 2. The first-order chi connectivity index (χ1) is 12.2. The second kappa shape index (κ2) is 13.5. The molecule has 0 radical (unpaired) electrons. The fourth-order valence-electron chi connectivity index (χ4n) is 2.73. The van der Waals surface area contributed by atoms with Crippen LogP contribution in [0.25, 0.3) is 0 Å². The predicted molar refractivity (Wildman–Crippen MR) is 116 cm³/mol. The molecule has 1 aliphatic rings. The van der Waals surface area contributed by atoms with E-state index in [1.165, 1.54) is 6.07 Å². The van der Waals surface area contributed by atoms with E-state index in [-0.39, 0.29) is 29.8 Å². The second-order valence-electron chi connectivity index (χ2n) is 5.95. The van der Waals surface area contributed by atoms with E-state index in [0.717, 1.165) is 58.3 Å². The third-order valence-corrected chi connectivity index (χ3v) is 4.43. The smallest absolute Gasteiger partial charge is 0.191 e. The molecule has 1 aliphatic heterocycles. The molecule has 0 amide bonds. The molecule has 2 rings (SSSR count). The third-order valence-electron chi connectivity index (χ3n) is 4.08. The zero-order valence-electron chi connectivity index (χ0n) is 15.3. The van der Waals surface area contributed by atoms with Crippen LogP contribution in [0.1, 0.15) is 18.9 Å². The number of ether oxygens (including phenoxy) is 1. The highest BCUT2D eigenvalue weighted by atomic mass is 127. The molecule has 148 valence electrons. The van der Waals surface area contributed by atoms with Gasteiger partial charge in [0.1, 0.15) is 5.82 Å². The molecule has 0 spiro atoms. The Morgan fingerprint density at radius 2 is 2.08 bits per heavy atom. The van der Waals surface area contributed by atoms with E-state index in [0.29, 0.717) is 23.6 Å². The summed E-state index contributed by atoms with van der Waals surface area (Å²) in [5.41, 5.74) is 0.542. The van der Waals surface area contributed by atoms with Gasteiger partial charge in [0.25, 0.3) is 0 Å².